The molecule has 0 saturated heterocycles. The largest absolute Gasteiger partial charge is 0.497 e. The third-order valence-corrected chi connectivity index (χ3v) is 3.67. The summed E-state index contributed by atoms with van der Waals surface area (Å²) in [7, 11) is 1.55. The van der Waals surface area contributed by atoms with Gasteiger partial charge >= 0.3 is 0 Å². The van der Waals surface area contributed by atoms with Gasteiger partial charge in [0.15, 0.2) is 0 Å². The van der Waals surface area contributed by atoms with Gasteiger partial charge in [0.05, 0.1) is 13.7 Å². The summed E-state index contributed by atoms with van der Waals surface area (Å²) < 4.78 is 10.4. The van der Waals surface area contributed by atoms with E-state index in [0.717, 1.165) is 5.56 Å². The van der Waals surface area contributed by atoms with E-state index >= 15 is 0 Å². The number of aliphatic hydroxyl groups is 5. The monoisotopic (exact) mass is 300 g/mol. The van der Waals surface area contributed by atoms with E-state index in [4.69, 9.17) is 9.47 Å². The van der Waals surface area contributed by atoms with Crippen molar-refractivity contribution in [1.82, 2.24) is 0 Å². The molecule has 0 amide bonds. The minimum Gasteiger partial charge on any atom is -0.497 e. The van der Waals surface area contributed by atoms with Gasteiger partial charge in [0.1, 0.15) is 42.4 Å². The number of hydrogen-bond donors (Lipinski definition) is 5. The molecular formula is C14H20O7. The van der Waals surface area contributed by atoms with Crippen LogP contribution in [0.1, 0.15) is 5.56 Å². The van der Waals surface area contributed by atoms with Crippen LogP contribution < -0.4 is 4.74 Å². The zero-order valence-electron chi connectivity index (χ0n) is 11.5. The van der Waals surface area contributed by atoms with Crippen LogP contribution in [-0.2, 0) is 11.3 Å². The average molecular weight is 300 g/mol. The van der Waals surface area contributed by atoms with Crippen LogP contribution in [-0.4, -0.2) is 69.3 Å². The predicted molar refractivity (Wildman–Crippen MR) is 71.6 cm³/mol. The van der Waals surface area contributed by atoms with Crippen LogP contribution in [0.5, 0.6) is 5.75 Å². The molecule has 1 aromatic carbocycles. The molecule has 0 spiro atoms. The average Bonchev–Trinajstić information content (AvgIpc) is 2.51. The first-order valence-corrected chi connectivity index (χ1v) is 6.60. The fourth-order valence-corrected chi connectivity index (χ4v) is 2.31. The summed E-state index contributed by atoms with van der Waals surface area (Å²) in [6, 6.07) is 6.98. The van der Waals surface area contributed by atoms with Crippen molar-refractivity contribution in [2.24, 2.45) is 0 Å². The van der Waals surface area contributed by atoms with Crippen molar-refractivity contribution in [2.45, 2.75) is 43.2 Å². The molecule has 0 heterocycles. The van der Waals surface area contributed by atoms with Crippen molar-refractivity contribution in [1.29, 1.82) is 0 Å². The fraction of sp³-hybridized carbons (Fsp3) is 0.571. The quantitative estimate of drug-likeness (QED) is 0.454. The van der Waals surface area contributed by atoms with E-state index < -0.39 is 36.6 Å². The van der Waals surface area contributed by atoms with E-state index in [9.17, 15) is 25.5 Å². The molecule has 118 valence electrons. The molecule has 1 aliphatic rings. The van der Waals surface area contributed by atoms with Gasteiger partial charge in [-0.05, 0) is 17.7 Å². The van der Waals surface area contributed by atoms with E-state index in [0.29, 0.717) is 5.75 Å². The summed E-state index contributed by atoms with van der Waals surface area (Å²) in [5.74, 6) is 0.686. The summed E-state index contributed by atoms with van der Waals surface area (Å²) in [6.07, 6.45) is -8.95. The van der Waals surface area contributed by atoms with Crippen LogP contribution in [0.25, 0.3) is 0 Å². The number of ether oxygens (including phenoxy) is 2. The van der Waals surface area contributed by atoms with Gasteiger partial charge in [-0.2, -0.15) is 0 Å². The van der Waals surface area contributed by atoms with Gasteiger partial charge in [-0.25, -0.2) is 0 Å². The fourth-order valence-electron chi connectivity index (χ4n) is 2.31. The molecular weight excluding hydrogens is 280 g/mol. The van der Waals surface area contributed by atoms with Crippen molar-refractivity contribution in [3.8, 4) is 5.75 Å². The highest BCUT2D eigenvalue weighted by atomic mass is 16.5. The second kappa shape index (κ2) is 6.69. The summed E-state index contributed by atoms with van der Waals surface area (Å²) in [5, 5.41) is 48.3. The van der Waals surface area contributed by atoms with Gasteiger partial charge in [0.25, 0.3) is 0 Å². The van der Waals surface area contributed by atoms with E-state index in [2.05, 4.69) is 0 Å². The summed E-state index contributed by atoms with van der Waals surface area (Å²) in [6.45, 7) is 0.0678. The molecule has 0 aliphatic heterocycles. The van der Waals surface area contributed by atoms with Gasteiger partial charge in [0, 0.05) is 0 Å². The minimum absolute atomic E-state index is 0.0678. The summed E-state index contributed by atoms with van der Waals surface area (Å²) in [4.78, 5) is 0. The number of methoxy groups -OCH3 is 1. The Hall–Kier alpha value is -1.22. The van der Waals surface area contributed by atoms with Crippen molar-refractivity contribution < 1.29 is 35.0 Å². The van der Waals surface area contributed by atoms with E-state index in [1.165, 1.54) is 0 Å². The van der Waals surface area contributed by atoms with Crippen LogP contribution in [0.2, 0.25) is 0 Å². The van der Waals surface area contributed by atoms with Gasteiger partial charge in [-0.3, -0.25) is 0 Å². The Morgan fingerprint density at radius 3 is 1.76 bits per heavy atom. The highest BCUT2D eigenvalue weighted by molar-refractivity contribution is 5.26. The van der Waals surface area contributed by atoms with Crippen molar-refractivity contribution in [3.63, 3.8) is 0 Å². The Morgan fingerprint density at radius 1 is 0.810 bits per heavy atom. The van der Waals surface area contributed by atoms with E-state index in [-0.39, 0.29) is 6.61 Å². The number of benzene rings is 1. The molecule has 0 radical (unpaired) electrons. The van der Waals surface area contributed by atoms with Crippen LogP contribution in [0.4, 0.5) is 0 Å². The first-order valence-electron chi connectivity index (χ1n) is 6.60. The highest BCUT2D eigenvalue weighted by Gasteiger charge is 2.48. The SMILES string of the molecule is COc1ccc(COC2[C@@H](O)[C@H](O)C(O)[C@H](O)[C@@H]2O)cc1. The van der Waals surface area contributed by atoms with E-state index in [1.54, 1.807) is 31.4 Å². The molecule has 1 aromatic rings. The maximum atomic E-state index is 9.83. The Kier molecular flexibility index (Phi) is 5.15. The van der Waals surface area contributed by atoms with Crippen LogP contribution in [0.3, 0.4) is 0 Å². The third-order valence-electron chi connectivity index (χ3n) is 3.67. The van der Waals surface area contributed by atoms with Gasteiger partial charge < -0.3 is 35.0 Å². The lowest BCUT2D eigenvalue weighted by Crippen LogP contribution is -2.64. The Bertz CT molecular complexity index is 433. The molecule has 2 unspecified atom stereocenters. The predicted octanol–water partition coefficient (Wildman–Crippen LogP) is -1.60. The van der Waals surface area contributed by atoms with Crippen LogP contribution >= 0.6 is 0 Å². The summed E-state index contributed by atoms with van der Waals surface area (Å²) in [5.41, 5.74) is 0.769. The van der Waals surface area contributed by atoms with Crippen molar-refractivity contribution in [3.05, 3.63) is 29.8 Å². The molecule has 5 N–H and O–H groups in total. The zero-order valence-corrected chi connectivity index (χ0v) is 11.5. The highest BCUT2D eigenvalue weighted by Crippen LogP contribution is 2.25. The molecule has 0 aromatic heterocycles. The molecule has 7 nitrogen and oxygen atoms in total. The van der Waals surface area contributed by atoms with Crippen LogP contribution in [0, 0.1) is 0 Å². The van der Waals surface area contributed by atoms with Crippen LogP contribution in [0.15, 0.2) is 24.3 Å². The molecule has 21 heavy (non-hydrogen) atoms. The lowest BCUT2D eigenvalue weighted by Gasteiger charge is -2.41. The second-order valence-electron chi connectivity index (χ2n) is 5.08. The van der Waals surface area contributed by atoms with Gasteiger partial charge in [-0.1, -0.05) is 12.1 Å². The van der Waals surface area contributed by atoms with Gasteiger partial charge in [-0.15, -0.1) is 0 Å². The Morgan fingerprint density at radius 2 is 1.29 bits per heavy atom. The molecule has 1 saturated carbocycles. The standard InChI is InChI=1S/C14H20O7/c1-20-8-4-2-7(3-5-8)6-21-14-12(18)10(16)9(15)11(17)13(14)19/h2-5,9-19H,6H2,1H3/t9?,10-,11+,12-,13-,14?/m0/s1. The third kappa shape index (κ3) is 3.34. The molecule has 1 fully saturated rings. The molecule has 7 heteroatoms. The molecule has 0 bridgehead atoms. The van der Waals surface area contributed by atoms with Crippen molar-refractivity contribution >= 4 is 0 Å². The first-order chi connectivity index (χ1) is 9.95. The number of rotatable bonds is 4. The summed E-state index contributed by atoms with van der Waals surface area (Å²) >= 11 is 0. The number of hydrogen-bond acceptors (Lipinski definition) is 7. The maximum absolute atomic E-state index is 9.83. The molecule has 2 rings (SSSR count). The normalized spacial score (nSPS) is 36.5. The smallest absolute Gasteiger partial charge is 0.118 e. The topological polar surface area (TPSA) is 120 Å². The number of aliphatic hydroxyl groups excluding tert-OH is 5. The zero-order chi connectivity index (χ0) is 15.6. The van der Waals surface area contributed by atoms with Gasteiger partial charge in [0.2, 0.25) is 0 Å². The lowest BCUT2D eigenvalue weighted by atomic mass is 9.85. The Balaban J connectivity index is 2.00. The lowest BCUT2D eigenvalue weighted by molar-refractivity contribution is -0.237. The maximum Gasteiger partial charge on any atom is 0.118 e. The molecule has 6 atom stereocenters. The minimum atomic E-state index is -1.61. The molecule has 1 aliphatic carbocycles. The second-order valence-corrected chi connectivity index (χ2v) is 5.08. The first kappa shape index (κ1) is 16.2. The Labute approximate surface area is 122 Å². The van der Waals surface area contributed by atoms with E-state index in [1.807, 2.05) is 0 Å². The van der Waals surface area contributed by atoms with Crippen molar-refractivity contribution in [2.75, 3.05) is 7.11 Å².